The molecule has 1 heterocycles. The fraction of sp³-hybridized carbons (Fsp3) is 0.364. The largest absolute Gasteiger partial charge is 0.380 e. The molecule has 0 fully saturated rings. The number of aromatic nitrogens is 1. The number of amides is 1. The standard InChI is InChI=1S/C22H26N2O4S2/c1-5-28-11-10-24-19-12-15(3)16(4)13-20(19)29-22(24)23-21(25)17-8-7-9-18(14-17)30(26,27)6-2/h7-9,12-14H,5-6,10-11H2,1-4H3. The van der Waals surface area contributed by atoms with E-state index in [1.54, 1.807) is 19.1 Å². The van der Waals surface area contributed by atoms with Gasteiger partial charge in [-0.25, -0.2) is 8.42 Å². The first-order valence-electron chi connectivity index (χ1n) is 9.87. The maximum atomic E-state index is 12.9. The molecule has 0 radical (unpaired) electrons. The van der Waals surface area contributed by atoms with E-state index < -0.39 is 15.7 Å². The van der Waals surface area contributed by atoms with Crippen LogP contribution in [0.5, 0.6) is 0 Å². The number of hydrogen-bond donors (Lipinski definition) is 0. The van der Waals surface area contributed by atoms with E-state index in [4.69, 9.17) is 4.74 Å². The van der Waals surface area contributed by atoms with E-state index in [0.29, 0.717) is 24.6 Å². The third-order valence-corrected chi connectivity index (χ3v) is 7.75. The number of carbonyl (C=O) groups excluding carboxylic acids is 1. The van der Waals surface area contributed by atoms with Crippen LogP contribution in [0.1, 0.15) is 35.3 Å². The lowest BCUT2D eigenvalue weighted by molar-refractivity contribution is 0.0996. The van der Waals surface area contributed by atoms with Crippen molar-refractivity contribution in [1.82, 2.24) is 4.57 Å². The first kappa shape index (κ1) is 22.4. The number of thiazole rings is 1. The van der Waals surface area contributed by atoms with E-state index in [-0.39, 0.29) is 16.2 Å². The van der Waals surface area contributed by atoms with Crippen LogP contribution in [0.15, 0.2) is 46.3 Å². The summed E-state index contributed by atoms with van der Waals surface area (Å²) < 4.78 is 32.9. The summed E-state index contributed by atoms with van der Waals surface area (Å²) in [6.45, 7) is 9.34. The minimum atomic E-state index is -3.39. The molecule has 1 amide bonds. The fourth-order valence-corrected chi connectivity index (χ4v) is 5.12. The molecule has 30 heavy (non-hydrogen) atoms. The molecule has 0 aliphatic rings. The monoisotopic (exact) mass is 446 g/mol. The van der Waals surface area contributed by atoms with Gasteiger partial charge in [-0.2, -0.15) is 4.99 Å². The SMILES string of the molecule is CCOCCn1c(=NC(=O)c2cccc(S(=O)(=O)CC)c2)sc2cc(C)c(C)cc21. The van der Waals surface area contributed by atoms with E-state index in [9.17, 15) is 13.2 Å². The van der Waals surface area contributed by atoms with Gasteiger partial charge in [-0.3, -0.25) is 4.79 Å². The quantitative estimate of drug-likeness (QED) is 0.516. The highest BCUT2D eigenvalue weighted by Gasteiger charge is 2.15. The van der Waals surface area contributed by atoms with Crippen LogP contribution in [0.3, 0.4) is 0 Å². The molecule has 1 aromatic heterocycles. The van der Waals surface area contributed by atoms with Gasteiger partial charge in [0, 0.05) is 18.7 Å². The molecule has 3 aromatic rings. The summed E-state index contributed by atoms with van der Waals surface area (Å²) in [5.41, 5.74) is 3.61. The van der Waals surface area contributed by atoms with E-state index in [1.807, 2.05) is 11.5 Å². The summed E-state index contributed by atoms with van der Waals surface area (Å²) >= 11 is 1.44. The topological polar surface area (TPSA) is 77.7 Å². The van der Waals surface area contributed by atoms with Crippen molar-refractivity contribution in [3.8, 4) is 0 Å². The zero-order valence-electron chi connectivity index (χ0n) is 17.6. The molecule has 0 N–H and O–H groups in total. The Kier molecular flexibility index (Phi) is 6.90. The fourth-order valence-electron chi connectivity index (χ4n) is 3.06. The number of aryl methyl sites for hydroxylation is 2. The average molecular weight is 447 g/mol. The maximum Gasteiger partial charge on any atom is 0.279 e. The second kappa shape index (κ2) is 9.24. The molecule has 160 valence electrons. The van der Waals surface area contributed by atoms with Crippen molar-refractivity contribution in [2.75, 3.05) is 19.0 Å². The lowest BCUT2D eigenvalue weighted by Gasteiger charge is -2.07. The van der Waals surface area contributed by atoms with Crippen LogP contribution < -0.4 is 4.80 Å². The molecule has 3 rings (SSSR count). The van der Waals surface area contributed by atoms with Gasteiger partial charge in [-0.1, -0.05) is 24.3 Å². The number of rotatable bonds is 7. The maximum absolute atomic E-state index is 12.9. The number of nitrogens with zero attached hydrogens (tertiary/aromatic N) is 2. The van der Waals surface area contributed by atoms with Gasteiger partial charge in [0.15, 0.2) is 14.6 Å². The number of fused-ring (bicyclic) bond motifs is 1. The highest BCUT2D eigenvalue weighted by atomic mass is 32.2. The predicted octanol–water partition coefficient (Wildman–Crippen LogP) is 3.89. The summed E-state index contributed by atoms with van der Waals surface area (Å²) in [5.74, 6) is -0.484. The molecular formula is C22H26N2O4S2. The van der Waals surface area contributed by atoms with Crippen molar-refractivity contribution in [2.45, 2.75) is 39.1 Å². The Morgan fingerprint density at radius 2 is 1.87 bits per heavy atom. The summed E-state index contributed by atoms with van der Waals surface area (Å²) in [6.07, 6.45) is 0. The molecule has 0 bridgehead atoms. The lowest BCUT2D eigenvalue weighted by Crippen LogP contribution is -2.20. The molecular weight excluding hydrogens is 420 g/mol. The first-order valence-corrected chi connectivity index (χ1v) is 12.3. The summed E-state index contributed by atoms with van der Waals surface area (Å²) in [4.78, 5) is 17.9. The zero-order chi connectivity index (χ0) is 21.9. The Labute approximate surface area is 180 Å². The predicted molar refractivity (Wildman–Crippen MR) is 120 cm³/mol. The van der Waals surface area contributed by atoms with Crippen molar-refractivity contribution in [1.29, 1.82) is 0 Å². The molecule has 0 unspecified atom stereocenters. The number of sulfone groups is 1. The van der Waals surface area contributed by atoms with Crippen molar-refractivity contribution in [2.24, 2.45) is 4.99 Å². The molecule has 6 nitrogen and oxygen atoms in total. The number of hydrogen-bond acceptors (Lipinski definition) is 5. The highest BCUT2D eigenvalue weighted by Crippen LogP contribution is 2.22. The molecule has 0 saturated heterocycles. The Hall–Kier alpha value is -2.29. The van der Waals surface area contributed by atoms with Gasteiger partial charge in [-0.05, 0) is 62.2 Å². The normalized spacial score (nSPS) is 12.6. The minimum absolute atomic E-state index is 0.0196. The van der Waals surface area contributed by atoms with Crippen LogP contribution in [0.2, 0.25) is 0 Å². The molecule has 0 spiro atoms. The first-order chi connectivity index (χ1) is 14.3. The average Bonchev–Trinajstić information content (AvgIpc) is 3.04. The number of benzene rings is 2. The van der Waals surface area contributed by atoms with E-state index >= 15 is 0 Å². The summed E-state index contributed by atoms with van der Waals surface area (Å²) in [5, 5.41) is 0. The number of carbonyl (C=O) groups is 1. The minimum Gasteiger partial charge on any atom is -0.380 e. The van der Waals surface area contributed by atoms with Gasteiger partial charge < -0.3 is 9.30 Å². The molecule has 0 aliphatic heterocycles. The van der Waals surface area contributed by atoms with E-state index in [2.05, 4.69) is 31.0 Å². The smallest absolute Gasteiger partial charge is 0.279 e. The highest BCUT2D eigenvalue weighted by molar-refractivity contribution is 7.91. The van der Waals surface area contributed by atoms with Crippen molar-refractivity contribution in [3.63, 3.8) is 0 Å². The second-order valence-electron chi connectivity index (χ2n) is 6.99. The molecule has 0 saturated carbocycles. The van der Waals surface area contributed by atoms with Crippen LogP contribution in [-0.2, 0) is 21.1 Å². The molecule has 2 aromatic carbocycles. The molecule has 8 heteroatoms. The van der Waals surface area contributed by atoms with Gasteiger partial charge in [0.05, 0.1) is 27.5 Å². The Morgan fingerprint density at radius 3 is 2.57 bits per heavy atom. The molecule has 0 atom stereocenters. The third kappa shape index (κ3) is 4.71. The summed E-state index contributed by atoms with van der Waals surface area (Å²) in [6, 6.07) is 10.3. The van der Waals surface area contributed by atoms with Crippen molar-refractivity contribution < 1.29 is 17.9 Å². The summed E-state index contributed by atoms with van der Waals surface area (Å²) in [7, 11) is -3.39. The van der Waals surface area contributed by atoms with Gasteiger partial charge in [0.1, 0.15) is 0 Å². The van der Waals surface area contributed by atoms with E-state index in [1.165, 1.54) is 34.6 Å². The van der Waals surface area contributed by atoms with Gasteiger partial charge in [-0.15, -0.1) is 0 Å². The Morgan fingerprint density at radius 1 is 1.13 bits per heavy atom. The van der Waals surface area contributed by atoms with Gasteiger partial charge in [0.2, 0.25) is 0 Å². The van der Waals surface area contributed by atoms with Crippen LogP contribution in [0.4, 0.5) is 0 Å². The Balaban J connectivity index is 2.10. The van der Waals surface area contributed by atoms with Crippen LogP contribution in [0.25, 0.3) is 10.2 Å². The van der Waals surface area contributed by atoms with Crippen LogP contribution >= 0.6 is 11.3 Å². The van der Waals surface area contributed by atoms with Gasteiger partial charge >= 0.3 is 0 Å². The van der Waals surface area contributed by atoms with Crippen LogP contribution in [0, 0.1) is 13.8 Å². The lowest BCUT2D eigenvalue weighted by atomic mass is 10.1. The molecule has 0 aliphatic carbocycles. The Bertz CT molecular complexity index is 1250. The van der Waals surface area contributed by atoms with Crippen LogP contribution in [-0.4, -0.2) is 37.9 Å². The van der Waals surface area contributed by atoms with E-state index in [0.717, 1.165) is 10.2 Å². The zero-order valence-corrected chi connectivity index (χ0v) is 19.3. The third-order valence-electron chi connectivity index (χ3n) is 4.98. The van der Waals surface area contributed by atoms with Crippen molar-refractivity contribution in [3.05, 3.63) is 57.9 Å². The number of ether oxygens (including phenoxy) is 1. The second-order valence-corrected chi connectivity index (χ2v) is 10.3. The van der Waals surface area contributed by atoms with Gasteiger partial charge in [0.25, 0.3) is 5.91 Å². The van der Waals surface area contributed by atoms with Crippen molar-refractivity contribution >= 4 is 37.3 Å².